The van der Waals surface area contributed by atoms with Gasteiger partial charge in [-0.2, -0.15) is 5.10 Å². The summed E-state index contributed by atoms with van der Waals surface area (Å²) in [6, 6.07) is 25.1. The number of allylic oxidation sites excluding steroid dienone is 1. The topological polar surface area (TPSA) is 63.2 Å². The molecule has 2 atom stereocenters. The molecule has 35 heavy (non-hydrogen) atoms. The number of ether oxygens (including phenoxy) is 2. The molecule has 2 aliphatic rings. The molecule has 178 valence electrons. The van der Waals surface area contributed by atoms with Gasteiger partial charge in [0.1, 0.15) is 11.5 Å². The van der Waals surface area contributed by atoms with Crippen molar-refractivity contribution < 1.29 is 14.3 Å². The van der Waals surface area contributed by atoms with Crippen LogP contribution in [0, 0.1) is 5.92 Å². The van der Waals surface area contributed by atoms with E-state index in [4.69, 9.17) is 14.6 Å². The number of carbonyl (C=O) groups is 1. The molecule has 3 aromatic rings. The van der Waals surface area contributed by atoms with Crippen LogP contribution in [0.15, 0.2) is 89.5 Å². The molecule has 1 aliphatic heterocycles. The van der Waals surface area contributed by atoms with Crippen LogP contribution in [0.2, 0.25) is 0 Å². The fourth-order valence-corrected chi connectivity index (χ4v) is 4.91. The number of rotatable bonds is 5. The Balaban J connectivity index is 1.50. The lowest BCUT2D eigenvalue weighted by molar-refractivity contribution is 0.188. The maximum absolute atomic E-state index is 13.5. The van der Waals surface area contributed by atoms with Crippen molar-refractivity contribution in [3.8, 4) is 11.5 Å². The van der Waals surface area contributed by atoms with Gasteiger partial charge in [0, 0.05) is 11.6 Å². The largest absolute Gasteiger partial charge is 0.497 e. The summed E-state index contributed by atoms with van der Waals surface area (Å²) in [6.07, 6.45) is 5.15. The summed E-state index contributed by atoms with van der Waals surface area (Å²) >= 11 is 0. The zero-order chi connectivity index (χ0) is 24.2. The van der Waals surface area contributed by atoms with Gasteiger partial charge in [0.25, 0.3) is 0 Å². The number of para-hydroxylation sites is 1. The lowest BCUT2D eigenvalue weighted by Crippen LogP contribution is -2.34. The van der Waals surface area contributed by atoms with E-state index in [0.29, 0.717) is 0 Å². The zero-order valence-corrected chi connectivity index (χ0v) is 20.0. The van der Waals surface area contributed by atoms with Gasteiger partial charge in [-0.15, -0.1) is 0 Å². The molecular formula is C29H29N3O3. The van der Waals surface area contributed by atoms with E-state index >= 15 is 0 Å². The molecule has 6 heteroatoms. The SMILES string of the molecule is COc1ccc(/C=C2\CCC[C@H]3C2=NN(C(=O)Nc2ccccc2)[C@H]3c2ccc(OC)cc2)cc1. The fraction of sp³-hybridized carbons (Fsp3) is 0.241. The fourth-order valence-electron chi connectivity index (χ4n) is 4.91. The minimum atomic E-state index is -0.234. The Kier molecular flexibility index (Phi) is 6.53. The summed E-state index contributed by atoms with van der Waals surface area (Å²) < 4.78 is 10.6. The highest BCUT2D eigenvalue weighted by molar-refractivity contribution is 6.08. The van der Waals surface area contributed by atoms with E-state index in [1.807, 2.05) is 78.9 Å². The monoisotopic (exact) mass is 467 g/mol. The molecule has 1 N–H and O–H groups in total. The van der Waals surface area contributed by atoms with Gasteiger partial charge in [-0.25, -0.2) is 9.80 Å². The van der Waals surface area contributed by atoms with Crippen LogP contribution >= 0.6 is 0 Å². The Hall–Kier alpha value is -4.06. The van der Waals surface area contributed by atoms with Gasteiger partial charge in [-0.1, -0.05) is 42.5 Å². The van der Waals surface area contributed by atoms with E-state index < -0.39 is 0 Å². The number of hydrogen-bond acceptors (Lipinski definition) is 4. The molecule has 1 saturated carbocycles. The van der Waals surface area contributed by atoms with Crippen molar-refractivity contribution in [2.45, 2.75) is 25.3 Å². The number of anilines is 1. The van der Waals surface area contributed by atoms with Crippen molar-refractivity contribution in [2.24, 2.45) is 11.0 Å². The first-order valence-corrected chi connectivity index (χ1v) is 11.9. The zero-order valence-electron chi connectivity index (χ0n) is 20.0. The lowest BCUT2D eigenvalue weighted by atomic mass is 9.77. The van der Waals surface area contributed by atoms with Crippen molar-refractivity contribution in [2.75, 3.05) is 19.5 Å². The number of hydrogen-bond donors (Lipinski definition) is 1. The van der Waals surface area contributed by atoms with Gasteiger partial charge in [0.05, 0.1) is 26.0 Å². The number of methoxy groups -OCH3 is 2. The van der Waals surface area contributed by atoms with Gasteiger partial charge >= 0.3 is 6.03 Å². The summed E-state index contributed by atoms with van der Waals surface area (Å²) in [5, 5.41) is 9.57. The summed E-state index contributed by atoms with van der Waals surface area (Å²) in [5.41, 5.74) is 5.06. The first-order chi connectivity index (χ1) is 17.2. The van der Waals surface area contributed by atoms with Crippen LogP contribution in [0.5, 0.6) is 11.5 Å². The van der Waals surface area contributed by atoms with Crippen LogP contribution < -0.4 is 14.8 Å². The minimum Gasteiger partial charge on any atom is -0.497 e. The number of benzene rings is 3. The molecule has 0 unspecified atom stereocenters. The van der Waals surface area contributed by atoms with Crippen molar-refractivity contribution in [1.82, 2.24) is 5.01 Å². The summed E-state index contributed by atoms with van der Waals surface area (Å²) in [7, 11) is 3.32. The Labute approximate surface area is 205 Å². The van der Waals surface area contributed by atoms with Crippen molar-refractivity contribution in [1.29, 1.82) is 0 Å². The second-order valence-electron chi connectivity index (χ2n) is 8.79. The lowest BCUT2D eigenvalue weighted by Gasteiger charge is -2.29. The molecule has 1 fully saturated rings. The summed E-state index contributed by atoms with van der Waals surface area (Å²) in [6.45, 7) is 0. The van der Waals surface area contributed by atoms with Crippen LogP contribution in [-0.2, 0) is 0 Å². The number of carbonyl (C=O) groups excluding carboxylic acids is 1. The van der Waals surface area contributed by atoms with Crippen LogP contribution in [0.4, 0.5) is 10.5 Å². The molecule has 5 rings (SSSR count). The standard InChI is InChI=1S/C29H29N3O3/c1-34-24-15-11-20(12-16-24)19-22-7-6-10-26-27(22)31-32(29(33)30-23-8-4-3-5-9-23)28(26)21-13-17-25(35-2)18-14-21/h3-5,8-9,11-19,26,28H,6-7,10H2,1-2H3,(H,30,33)/b22-19+/t26-,28-/m0/s1. The smallest absolute Gasteiger partial charge is 0.342 e. The maximum atomic E-state index is 13.5. The molecule has 0 saturated heterocycles. The molecule has 3 aromatic carbocycles. The Morgan fingerprint density at radius 1 is 0.943 bits per heavy atom. The first kappa shape index (κ1) is 22.7. The van der Waals surface area contributed by atoms with Crippen LogP contribution in [-0.4, -0.2) is 31.0 Å². The van der Waals surface area contributed by atoms with Gasteiger partial charge in [0.15, 0.2) is 0 Å². The average Bonchev–Trinajstić information content (AvgIpc) is 3.31. The molecule has 0 radical (unpaired) electrons. The van der Waals surface area contributed by atoms with E-state index in [1.165, 1.54) is 5.57 Å². The van der Waals surface area contributed by atoms with Gasteiger partial charge in [-0.3, -0.25) is 0 Å². The number of nitrogens with zero attached hydrogens (tertiary/aromatic N) is 2. The number of amides is 2. The summed E-state index contributed by atoms with van der Waals surface area (Å²) in [5.74, 6) is 1.75. The molecule has 6 nitrogen and oxygen atoms in total. The van der Waals surface area contributed by atoms with E-state index in [2.05, 4.69) is 11.4 Å². The van der Waals surface area contributed by atoms with Crippen molar-refractivity contribution >= 4 is 23.5 Å². The van der Waals surface area contributed by atoms with E-state index in [-0.39, 0.29) is 18.0 Å². The van der Waals surface area contributed by atoms with Crippen molar-refractivity contribution in [3.63, 3.8) is 0 Å². The third kappa shape index (κ3) is 4.78. The maximum Gasteiger partial charge on any atom is 0.342 e. The Morgan fingerprint density at radius 3 is 2.26 bits per heavy atom. The predicted octanol–water partition coefficient (Wildman–Crippen LogP) is 6.53. The highest BCUT2D eigenvalue weighted by Crippen LogP contribution is 2.44. The number of fused-ring (bicyclic) bond motifs is 1. The van der Waals surface area contributed by atoms with Crippen molar-refractivity contribution in [3.05, 3.63) is 95.6 Å². The third-order valence-corrected chi connectivity index (χ3v) is 6.65. The third-order valence-electron chi connectivity index (χ3n) is 6.65. The second-order valence-corrected chi connectivity index (χ2v) is 8.79. The Bertz CT molecular complexity index is 1230. The van der Waals surface area contributed by atoms with Crippen LogP contribution in [0.1, 0.15) is 36.4 Å². The minimum absolute atomic E-state index is 0.128. The average molecular weight is 468 g/mol. The number of nitrogens with one attached hydrogen (secondary N) is 1. The Morgan fingerprint density at radius 2 is 1.60 bits per heavy atom. The second kappa shape index (κ2) is 10.1. The molecule has 0 bridgehead atoms. The normalized spacial score (nSPS) is 20.2. The van der Waals surface area contributed by atoms with Gasteiger partial charge in [0.2, 0.25) is 0 Å². The molecule has 2 amide bonds. The highest BCUT2D eigenvalue weighted by atomic mass is 16.5. The predicted molar refractivity (Wildman–Crippen MR) is 139 cm³/mol. The van der Waals surface area contributed by atoms with E-state index in [0.717, 1.165) is 53.3 Å². The first-order valence-electron chi connectivity index (χ1n) is 11.9. The van der Waals surface area contributed by atoms with Crippen LogP contribution in [0.25, 0.3) is 6.08 Å². The number of urea groups is 1. The molecule has 1 heterocycles. The number of hydrazone groups is 1. The molecule has 0 aromatic heterocycles. The molecular weight excluding hydrogens is 438 g/mol. The highest BCUT2D eigenvalue weighted by Gasteiger charge is 2.43. The van der Waals surface area contributed by atoms with Crippen LogP contribution in [0.3, 0.4) is 0 Å². The quantitative estimate of drug-likeness (QED) is 0.464. The van der Waals surface area contributed by atoms with E-state index in [9.17, 15) is 4.79 Å². The molecule has 0 spiro atoms. The molecule has 1 aliphatic carbocycles. The van der Waals surface area contributed by atoms with Gasteiger partial charge < -0.3 is 14.8 Å². The summed E-state index contributed by atoms with van der Waals surface area (Å²) in [4.78, 5) is 13.5. The van der Waals surface area contributed by atoms with Gasteiger partial charge in [-0.05, 0) is 78.4 Å². The van der Waals surface area contributed by atoms with E-state index in [1.54, 1.807) is 19.2 Å².